The Labute approximate surface area is 371 Å². The summed E-state index contributed by atoms with van der Waals surface area (Å²) < 4.78 is 18.1. The molecule has 16 nitrogen and oxygen atoms in total. The minimum atomic E-state index is -1.02. The van der Waals surface area contributed by atoms with Crippen molar-refractivity contribution in [1.29, 1.82) is 5.26 Å². The third-order valence-electron chi connectivity index (χ3n) is 13.6. The van der Waals surface area contributed by atoms with Crippen LogP contribution in [-0.4, -0.2) is 120 Å². The molecule has 17 heteroatoms. The van der Waals surface area contributed by atoms with Gasteiger partial charge in [0.15, 0.2) is 0 Å². The zero-order valence-electron chi connectivity index (χ0n) is 36.2. The van der Waals surface area contributed by atoms with Gasteiger partial charge in [-0.3, -0.25) is 39.1 Å². The molecular formula is C46H53ClN8O8. The second-order valence-electron chi connectivity index (χ2n) is 18.5. The lowest BCUT2D eigenvalue weighted by atomic mass is 9.49. The van der Waals surface area contributed by atoms with E-state index in [0.717, 1.165) is 62.6 Å². The number of piperidine rings is 2. The van der Waals surface area contributed by atoms with Gasteiger partial charge in [0.05, 0.1) is 40.7 Å². The molecule has 4 fully saturated rings. The predicted octanol–water partition coefficient (Wildman–Crippen LogP) is 4.79. The number of amides is 5. The van der Waals surface area contributed by atoms with Crippen LogP contribution >= 0.6 is 11.6 Å². The molecule has 2 aliphatic carbocycles. The molecule has 5 aliphatic rings. The van der Waals surface area contributed by atoms with Gasteiger partial charge in [-0.2, -0.15) is 5.26 Å². The van der Waals surface area contributed by atoms with E-state index >= 15 is 0 Å². The lowest BCUT2D eigenvalue weighted by Gasteiger charge is -2.63. The number of rotatable bonds is 14. The summed E-state index contributed by atoms with van der Waals surface area (Å²) in [5.74, 6) is -0.177. The first-order valence-electron chi connectivity index (χ1n) is 21.6. The number of nitriles is 1. The molecule has 1 atom stereocenters. The molecular weight excluding hydrogens is 828 g/mol. The molecule has 3 aromatic rings. The maximum Gasteiger partial charge on any atom is 0.271 e. The minimum absolute atomic E-state index is 0.0558. The number of nitrogens with zero attached hydrogens (tertiary/aromatic N) is 6. The standard InChI is InChI=1S/C46H53ClN8O8/c1-45(2)43(46(3,4)44(45)63-30-7-6-27(22-48)34(47)21-30)52-39(57)35-23-50-37(24-49-35)53-14-12-26(13-15-53)25-54(16-17-61-5)28-18-31(19-28)62-29-8-9-32-33(20-29)42(60)55(41(32)59)36-10-11-38(56)51-40(36)58/h6-9,20-21,23-24,26,28,31,36,43-44H,10-19,25H2,1-5H3,(H,52,57)(H,51,56,58). The summed E-state index contributed by atoms with van der Waals surface area (Å²) in [6, 6.07) is 11.0. The molecule has 3 aliphatic heterocycles. The average Bonchev–Trinajstić information content (AvgIpc) is 3.49. The monoisotopic (exact) mass is 880 g/mol. The Bertz CT molecular complexity index is 2320. The first-order valence-corrected chi connectivity index (χ1v) is 22.0. The molecule has 5 amide bonds. The van der Waals surface area contributed by atoms with E-state index in [9.17, 15) is 29.2 Å². The van der Waals surface area contributed by atoms with Crippen LogP contribution < -0.4 is 25.0 Å². The number of nitrogens with one attached hydrogen (secondary N) is 2. The van der Waals surface area contributed by atoms with Gasteiger partial charge in [0, 0.05) is 81.5 Å². The molecule has 332 valence electrons. The molecule has 2 N–H and O–H groups in total. The van der Waals surface area contributed by atoms with Crippen molar-refractivity contribution < 1.29 is 38.2 Å². The van der Waals surface area contributed by atoms with E-state index < -0.39 is 40.5 Å². The van der Waals surface area contributed by atoms with E-state index in [1.54, 1.807) is 55.9 Å². The van der Waals surface area contributed by atoms with E-state index in [1.165, 1.54) is 0 Å². The summed E-state index contributed by atoms with van der Waals surface area (Å²) in [5, 5.41) is 15.0. The van der Waals surface area contributed by atoms with Crippen molar-refractivity contribution in [3.05, 3.63) is 76.2 Å². The Morgan fingerprint density at radius 2 is 1.65 bits per heavy atom. The molecule has 2 saturated carbocycles. The van der Waals surface area contributed by atoms with Gasteiger partial charge in [-0.15, -0.1) is 0 Å². The van der Waals surface area contributed by atoms with Crippen LogP contribution in [0.25, 0.3) is 0 Å². The van der Waals surface area contributed by atoms with Crippen molar-refractivity contribution in [1.82, 2.24) is 30.4 Å². The Morgan fingerprint density at radius 3 is 2.30 bits per heavy atom. The topological polar surface area (TPSA) is 196 Å². The highest BCUT2D eigenvalue weighted by molar-refractivity contribution is 6.31. The number of hydrogen-bond donors (Lipinski definition) is 2. The van der Waals surface area contributed by atoms with Crippen molar-refractivity contribution in [2.75, 3.05) is 44.8 Å². The summed E-state index contributed by atoms with van der Waals surface area (Å²) in [5.41, 5.74) is 0.229. The highest BCUT2D eigenvalue weighted by Gasteiger charge is 2.64. The second kappa shape index (κ2) is 17.5. The van der Waals surface area contributed by atoms with Crippen molar-refractivity contribution in [3.63, 3.8) is 0 Å². The second-order valence-corrected chi connectivity index (χ2v) is 18.9. The summed E-state index contributed by atoms with van der Waals surface area (Å²) >= 11 is 6.25. The van der Waals surface area contributed by atoms with Crippen molar-refractivity contribution in [2.24, 2.45) is 16.7 Å². The number of imide groups is 2. The Morgan fingerprint density at radius 1 is 0.952 bits per heavy atom. The van der Waals surface area contributed by atoms with Gasteiger partial charge in [-0.25, -0.2) is 9.97 Å². The maximum atomic E-state index is 13.5. The van der Waals surface area contributed by atoms with E-state index in [1.807, 2.05) is 0 Å². The summed E-state index contributed by atoms with van der Waals surface area (Å²) in [4.78, 5) is 78.8. The molecule has 2 saturated heterocycles. The Balaban J connectivity index is 0.801. The van der Waals surface area contributed by atoms with Gasteiger partial charge in [-0.1, -0.05) is 39.3 Å². The fourth-order valence-corrected chi connectivity index (χ4v) is 10.6. The highest BCUT2D eigenvalue weighted by atomic mass is 35.5. The Hall–Kier alpha value is -5.63. The third-order valence-corrected chi connectivity index (χ3v) is 13.9. The van der Waals surface area contributed by atoms with Gasteiger partial charge < -0.3 is 24.4 Å². The van der Waals surface area contributed by atoms with E-state index in [2.05, 4.69) is 64.2 Å². The van der Waals surface area contributed by atoms with Crippen LogP contribution in [0.4, 0.5) is 5.82 Å². The lowest BCUT2D eigenvalue weighted by molar-refractivity contribution is -0.164. The van der Waals surface area contributed by atoms with E-state index in [4.69, 9.17) is 25.8 Å². The van der Waals surface area contributed by atoms with Gasteiger partial charge in [0.1, 0.15) is 47.3 Å². The first-order chi connectivity index (χ1) is 30.1. The zero-order chi connectivity index (χ0) is 44.8. The number of hydrogen-bond acceptors (Lipinski definition) is 13. The Kier molecular flexibility index (Phi) is 12.2. The smallest absolute Gasteiger partial charge is 0.271 e. The normalized spacial score (nSPS) is 25.1. The van der Waals surface area contributed by atoms with Gasteiger partial charge >= 0.3 is 0 Å². The van der Waals surface area contributed by atoms with Gasteiger partial charge in [0.2, 0.25) is 11.8 Å². The molecule has 8 rings (SSSR count). The van der Waals surface area contributed by atoms with Crippen LogP contribution in [-0.2, 0) is 14.3 Å². The molecule has 0 spiro atoms. The number of benzene rings is 2. The van der Waals surface area contributed by atoms with Crippen LogP contribution in [0, 0.1) is 28.1 Å². The molecule has 4 heterocycles. The number of fused-ring (bicyclic) bond motifs is 1. The van der Waals surface area contributed by atoms with Crippen LogP contribution in [0.15, 0.2) is 48.8 Å². The van der Waals surface area contributed by atoms with E-state index in [0.29, 0.717) is 40.7 Å². The summed E-state index contributed by atoms with van der Waals surface area (Å²) in [7, 11) is 1.71. The first kappa shape index (κ1) is 44.0. The molecule has 1 unspecified atom stereocenters. The molecule has 63 heavy (non-hydrogen) atoms. The van der Waals surface area contributed by atoms with E-state index in [-0.39, 0.29) is 53.8 Å². The minimum Gasteiger partial charge on any atom is -0.490 e. The number of carbonyl (C=O) groups excluding carboxylic acids is 5. The number of ether oxygens (including phenoxy) is 3. The number of halogens is 1. The van der Waals surface area contributed by atoms with Gasteiger partial charge in [-0.05, 0) is 55.5 Å². The van der Waals surface area contributed by atoms with Crippen LogP contribution in [0.1, 0.15) is 103 Å². The zero-order valence-corrected chi connectivity index (χ0v) is 36.9. The molecule has 0 radical (unpaired) electrons. The van der Waals surface area contributed by atoms with Crippen molar-refractivity contribution >= 4 is 47.0 Å². The van der Waals surface area contributed by atoms with Gasteiger partial charge in [0.25, 0.3) is 17.7 Å². The fraction of sp³-hybridized carbons (Fsp3) is 0.522. The quantitative estimate of drug-likeness (QED) is 0.210. The lowest BCUT2D eigenvalue weighted by Crippen LogP contribution is -2.74. The molecule has 1 aromatic heterocycles. The van der Waals surface area contributed by atoms with Crippen LogP contribution in [0.2, 0.25) is 5.02 Å². The number of carbonyl (C=O) groups is 5. The molecule has 0 bridgehead atoms. The fourth-order valence-electron chi connectivity index (χ4n) is 10.4. The molecule has 2 aromatic carbocycles. The summed E-state index contributed by atoms with van der Waals surface area (Å²) in [6.45, 7) is 12.2. The average molecular weight is 881 g/mol. The number of methoxy groups -OCH3 is 1. The summed E-state index contributed by atoms with van der Waals surface area (Å²) in [6.07, 6.45) is 6.67. The maximum absolute atomic E-state index is 13.5. The van der Waals surface area contributed by atoms with Crippen LogP contribution in [0.3, 0.4) is 0 Å². The SMILES string of the molecule is COCCN(CC1CCN(c2cnc(C(=O)NC3C(C)(C)C(Oc4ccc(C#N)c(Cl)c4)C3(C)C)cn2)CC1)C1CC(Oc2ccc3c(c2)C(=O)N(C2CCC(=O)NC2=O)C3=O)C1. The number of anilines is 1. The largest absolute Gasteiger partial charge is 0.490 e. The van der Waals surface area contributed by atoms with Crippen molar-refractivity contribution in [2.45, 2.75) is 96.6 Å². The highest BCUT2D eigenvalue weighted by Crippen LogP contribution is 2.55. The third kappa shape index (κ3) is 8.58. The number of aromatic nitrogens is 2. The van der Waals surface area contributed by atoms with Crippen LogP contribution in [0.5, 0.6) is 11.5 Å². The van der Waals surface area contributed by atoms with Crippen molar-refractivity contribution in [3.8, 4) is 17.6 Å². The predicted molar refractivity (Wildman–Crippen MR) is 230 cm³/mol.